The summed E-state index contributed by atoms with van der Waals surface area (Å²) in [5.41, 5.74) is 2.12. The number of aromatic nitrogens is 3. The molecule has 1 amide bonds. The first-order valence-corrected chi connectivity index (χ1v) is 12.4. The average molecular weight is 536 g/mol. The lowest BCUT2D eigenvalue weighted by Crippen LogP contribution is -2.15. The third-order valence-electron chi connectivity index (χ3n) is 5.42. The number of nitro groups is 1. The Balaban J connectivity index is 1.50. The normalized spacial score (nSPS) is 10.6. The summed E-state index contributed by atoms with van der Waals surface area (Å²) >= 11 is 1.20. The first-order valence-electron chi connectivity index (χ1n) is 11.4. The van der Waals surface area contributed by atoms with Crippen LogP contribution in [-0.4, -0.2) is 45.6 Å². The van der Waals surface area contributed by atoms with Crippen LogP contribution in [0.3, 0.4) is 0 Å². The number of carbonyl (C=O) groups is 1. The predicted molar refractivity (Wildman–Crippen MR) is 142 cm³/mol. The van der Waals surface area contributed by atoms with Gasteiger partial charge < -0.3 is 19.5 Å². The fraction of sp³-hybridized carbons (Fsp3) is 0.192. The van der Waals surface area contributed by atoms with Gasteiger partial charge in [-0.05, 0) is 49.4 Å². The van der Waals surface area contributed by atoms with Gasteiger partial charge in [-0.25, -0.2) is 0 Å². The first kappa shape index (κ1) is 26.5. The van der Waals surface area contributed by atoms with E-state index in [1.54, 1.807) is 31.4 Å². The van der Waals surface area contributed by atoms with Crippen molar-refractivity contribution in [2.24, 2.45) is 0 Å². The fourth-order valence-corrected chi connectivity index (χ4v) is 4.24. The van der Waals surface area contributed by atoms with Crippen LogP contribution in [0.25, 0.3) is 5.69 Å². The molecule has 196 valence electrons. The summed E-state index contributed by atoms with van der Waals surface area (Å²) in [4.78, 5) is 23.2. The maximum absolute atomic E-state index is 12.7. The number of ether oxygens (including phenoxy) is 3. The fourth-order valence-electron chi connectivity index (χ4n) is 3.47. The quantitative estimate of drug-likeness (QED) is 0.163. The second-order valence-corrected chi connectivity index (χ2v) is 8.96. The lowest BCUT2D eigenvalue weighted by Gasteiger charge is -2.12. The van der Waals surface area contributed by atoms with Crippen LogP contribution in [0.1, 0.15) is 11.4 Å². The molecule has 38 heavy (non-hydrogen) atoms. The smallest absolute Gasteiger partial charge is 0.273 e. The molecule has 12 heteroatoms. The average Bonchev–Trinajstić information content (AvgIpc) is 3.34. The number of hydrogen-bond acceptors (Lipinski definition) is 9. The van der Waals surface area contributed by atoms with E-state index in [2.05, 4.69) is 15.5 Å². The highest BCUT2D eigenvalue weighted by molar-refractivity contribution is 7.99. The molecule has 0 aliphatic heterocycles. The minimum Gasteiger partial charge on any atom is -0.497 e. The summed E-state index contributed by atoms with van der Waals surface area (Å²) < 4.78 is 18.1. The van der Waals surface area contributed by atoms with Crippen LogP contribution in [0.4, 0.5) is 11.4 Å². The molecule has 3 aromatic carbocycles. The molecule has 0 aliphatic rings. The summed E-state index contributed by atoms with van der Waals surface area (Å²) in [6.45, 7) is 2.15. The zero-order valence-electron chi connectivity index (χ0n) is 20.9. The number of non-ortho nitro benzene ring substituents is 1. The van der Waals surface area contributed by atoms with Crippen LogP contribution in [0.15, 0.2) is 71.9 Å². The largest absolute Gasteiger partial charge is 0.497 e. The van der Waals surface area contributed by atoms with E-state index in [9.17, 15) is 14.9 Å². The molecule has 1 N–H and O–H groups in total. The summed E-state index contributed by atoms with van der Waals surface area (Å²) in [7, 11) is 2.98. The number of nitrogens with one attached hydrogen (secondary N) is 1. The molecule has 0 atom stereocenters. The molecule has 0 radical (unpaired) electrons. The molecule has 4 rings (SSSR count). The lowest BCUT2D eigenvalue weighted by molar-refractivity contribution is -0.384. The number of anilines is 1. The van der Waals surface area contributed by atoms with Crippen molar-refractivity contribution in [1.29, 1.82) is 0 Å². The molecular formula is C26H25N5O6S. The molecule has 0 spiro atoms. The molecule has 0 fully saturated rings. The molecule has 0 aliphatic carbocycles. The van der Waals surface area contributed by atoms with Crippen molar-refractivity contribution in [1.82, 2.24) is 14.8 Å². The summed E-state index contributed by atoms with van der Waals surface area (Å²) in [6, 6.07) is 19.1. The standard InChI is InChI=1S/C26H25N5O6S/c1-17-4-6-18(7-5-17)30-24(15-37-21-11-9-20(35-2)10-12-21)28-29-26(30)38-16-25(32)27-22-13-8-19(31(33)34)14-23(22)36-3/h4-14H,15-16H2,1-3H3,(H,27,32). The van der Waals surface area contributed by atoms with Gasteiger partial charge in [-0.2, -0.15) is 0 Å². The van der Waals surface area contributed by atoms with Gasteiger partial charge in [-0.3, -0.25) is 19.5 Å². The monoisotopic (exact) mass is 535 g/mol. The highest BCUT2D eigenvalue weighted by Crippen LogP contribution is 2.30. The van der Waals surface area contributed by atoms with Crippen LogP contribution >= 0.6 is 11.8 Å². The zero-order chi connectivity index (χ0) is 27.1. The number of methoxy groups -OCH3 is 2. The van der Waals surface area contributed by atoms with Gasteiger partial charge in [0.15, 0.2) is 11.0 Å². The van der Waals surface area contributed by atoms with E-state index in [1.165, 1.54) is 37.1 Å². The number of benzene rings is 3. The van der Waals surface area contributed by atoms with Crippen molar-refractivity contribution >= 4 is 29.0 Å². The van der Waals surface area contributed by atoms with Gasteiger partial charge in [0, 0.05) is 11.8 Å². The minimum absolute atomic E-state index is 0.0173. The highest BCUT2D eigenvalue weighted by Gasteiger charge is 2.18. The molecule has 0 bridgehead atoms. The Hall–Kier alpha value is -4.58. The van der Waals surface area contributed by atoms with E-state index in [0.29, 0.717) is 22.4 Å². The SMILES string of the molecule is COc1ccc(OCc2nnc(SCC(=O)Nc3ccc([N+](=O)[O-])cc3OC)n2-c2ccc(C)cc2)cc1. The Kier molecular flexibility index (Phi) is 8.44. The topological polar surface area (TPSA) is 131 Å². The predicted octanol–water partition coefficient (Wildman–Crippen LogP) is 4.81. The van der Waals surface area contributed by atoms with E-state index in [4.69, 9.17) is 14.2 Å². The van der Waals surface area contributed by atoms with Gasteiger partial charge in [0.1, 0.15) is 23.9 Å². The maximum atomic E-state index is 12.7. The molecule has 1 aromatic heterocycles. The molecule has 4 aromatic rings. The van der Waals surface area contributed by atoms with E-state index in [-0.39, 0.29) is 29.7 Å². The van der Waals surface area contributed by atoms with Gasteiger partial charge in [-0.15, -0.1) is 10.2 Å². The molecule has 0 saturated carbocycles. The van der Waals surface area contributed by atoms with E-state index < -0.39 is 4.92 Å². The number of nitrogens with zero attached hydrogens (tertiary/aromatic N) is 4. The molecule has 11 nitrogen and oxygen atoms in total. The van der Waals surface area contributed by atoms with E-state index in [0.717, 1.165) is 17.0 Å². The second kappa shape index (κ2) is 12.1. The number of thioether (sulfide) groups is 1. The highest BCUT2D eigenvalue weighted by atomic mass is 32.2. The second-order valence-electron chi connectivity index (χ2n) is 8.01. The van der Waals surface area contributed by atoms with Crippen molar-refractivity contribution in [2.75, 3.05) is 25.3 Å². The van der Waals surface area contributed by atoms with Gasteiger partial charge >= 0.3 is 0 Å². The number of amides is 1. The van der Waals surface area contributed by atoms with Crippen molar-refractivity contribution in [3.05, 3.63) is 88.2 Å². The Morgan fingerprint density at radius 3 is 2.37 bits per heavy atom. The van der Waals surface area contributed by atoms with Crippen molar-refractivity contribution in [2.45, 2.75) is 18.7 Å². The molecule has 1 heterocycles. The summed E-state index contributed by atoms with van der Waals surface area (Å²) in [5.74, 6) is 1.81. The van der Waals surface area contributed by atoms with E-state index >= 15 is 0 Å². The van der Waals surface area contributed by atoms with Crippen LogP contribution < -0.4 is 19.5 Å². The van der Waals surface area contributed by atoms with Crippen LogP contribution in [0.5, 0.6) is 17.2 Å². The minimum atomic E-state index is -0.530. The molecular weight excluding hydrogens is 510 g/mol. The third-order valence-corrected chi connectivity index (χ3v) is 6.35. The van der Waals surface area contributed by atoms with Crippen molar-refractivity contribution in [3.8, 4) is 22.9 Å². The number of hydrogen-bond donors (Lipinski definition) is 1. The van der Waals surface area contributed by atoms with Crippen molar-refractivity contribution < 1.29 is 23.9 Å². The molecule has 0 saturated heterocycles. The van der Waals surface area contributed by atoms with Crippen LogP contribution in [-0.2, 0) is 11.4 Å². The van der Waals surface area contributed by atoms with Crippen LogP contribution in [0, 0.1) is 17.0 Å². The van der Waals surface area contributed by atoms with Crippen LogP contribution in [0.2, 0.25) is 0 Å². The Morgan fingerprint density at radius 1 is 1.00 bits per heavy atom. The van der Waals surface area contributed by atoms with Gasteiger partial charge in [0.2, 0.25) is 5.91 Å². The number of carbonyl (C=O) groups excluding carboxylic acids is 1. The number of aryl methyl sites for hydroxylation is 1. The lowest BCUT2D eigenvalue weighted by atomic mass is 10.2. The number of rotatable bonds is 11. The van der Waals surface area contributed by atoms with Gasteiger partial charge in [0.05, 0.1) is 36.6 Å². The van der Waals surface area contributed by atoms with E-state index in [1.807, 2.05) is 35.8 Å². The Morgan fingerprint density at radius 2 is 1.71 bits per heavy atom. The summed E-state index contributed by atoms with van der Waals surface area (Å²) in [5, 5.41) is 22.9. The number of nitro benzene ring substituents is 1. The van der Waals surface area contributed by atoms with Gasteiger partial charge in [-0.1, -0.05) is 29.5 Å². The Labute approximate surface area is 222 Å². The van der Waals surface area contributed by atoms with Gasteiger partial charge in [0.25, 0.3) is 5.69 Å². The maximum Gasteiger partial charge on any atom is 0.273 e. The summed E-state index contributed by atoms with van der Waals surface area (Å²) in [6.07, 6.45) is 0. The van der Waals surface area contributed by atoms with Crippen molar-refractivity contribution in [3.63, 3.8) is 0 Å². The molecule has 0 unspecified atom stereocenters. The first-order chi connectivity index (χ1) is 18.4. The third kappa shape index (κ3) is 6.40. The zero-order valence-corrected chi connectivity index (χ0v) is 21.7. The Bertz CT molecular complexity index is 1420.